The first-order valence-electron chi connectivity index (χ1n) is 10.6. The number of aryl methyl sites for hydroxylation is 2. The first kappa shape index (κ1) is 21.0. The van der Waals surface area contributed by atoms with Crippen molar-refractivity contribution in [1.29, 1.82) is 0 Å². The predicted octanol–water partition coefficient (Wildman–Crippen LogP) is 3.07. The van der Waals surface area contributed by atoms with Crippen molar-refractivity contribution in [3.8, 4) is 0 Å². The van der Waals surface area contributed by atoms with Crippen LogP contribution in [0.4, 0.5) is 4.39 Å². The second kappa shape index (κ2) is 8.86. The molecule has 1 heterocycles. The van der Waals surface area contributed by atoms with Crippen LogP contribution in [0.15, 0.2) is 47.4 Å². The minimum Gasteiger partial charge on any atom is -0.356 e. The molecule has 2 aromatic carbocycles. The number of nitrogens with one attached hydrogen (secondary N) is 1. The smallest absolute Gasteiger partial charge is 0.243 e. The van der Waals surface area contributed by atoms with Gasteiger partial charge in [0.15, 0.2) is 0 Å². The lowest BCUT2D eigenvalue weighted by molar-refractivity contribution is -0.126. The Bertz CT molecular complexity index is 1030. The Kier molecular flexibility index (Phi) is 6.20. The number of rotatable bonds is 6. The van der Waals surface area contributed by atoms with Crippen molar-refractivity contribution in [3.05, 3.63) is 65.0 Å². The van der Waals surface area contributed by atoms with Crippen LogP contribution in [0.25, 0.3) is 0 Å². The lowest BCUT2D eigenvalue weighted by atomic mass is 9.97. The summed E-state index contributed by atoms with van der Waals surface area (Å²) in [6, 6.07) is 12.0. The summed E-state index contributed by atoms with van der Waals surface area (Å²) in [6.07, 6.45) is 4.46. The minimum absolute atomic E-state index is 0.0825. The second-order valence-electron chi connectivity index (χ2n) is 8.09. The molecule has 0 saturated carbocycles. The standard InChI is InChI=1S/C23H27FN2O3S/c24-22-7-2-1-4-18(22)10-13-25-23(27)19-11-14-26(15-12-19)30(28,29)21-9-8-17-5-3-6-20(17)16-21/h1-2,4,7-9,16,19H,3,5-6,10-15H2,(H,25,27). The van der Waals surface area contributed by atoms with Crippen LogP contribution in [0.1, 0.15) is 36.0 Å². The summed E-state index contributed by atoms with van der Waals surface area (Å²) in [5.74, 6) is -0.560. The van der Waals surface area contributed by atoms with E-state index in [1.54, 1.807) is 24.3 Å². The number of benzene rings is 2. The fourth-order valence-corrected chi connectivity index (χ4v) is 5.90. The van der Waals surface area contributed by atoms with Crippen molar-refractivity contribution in [2.75, 3.05) is 19.6 Å². The van der Waals surface area contributed by atoms with Crippen LogP contribution in [-0.4, -0.2) is 38.3 Å². The zero-order chi connectivity index (χ0) is 21.1. The SMILES string of the molecule is O=C(NCCc1ccccc1F)C1CCN(S(=O)(=O)c2ccc3c(c2)CCC3)CC1. The molecular weight excluding hydrogens is 403 g/mol. The van der Waals surface area contributed by atoms with Gasteiger partial charge < -0.3 is 5.32 Å². The van der Waals surface area contributed by atoms with E-state index in [1.165, 1.54) is 15.9 Å². The summed E-state index contributed by atoms with van der Waals surface area (Å²) in [6.45, 7) is 1.04. The van der Waals surface area contributed by atoms with E-state index in [0.29, 0.717) is 49.4 Å². The van der Waals surface area contributed by atoms with Gasteiger partial charge in [-0.25, -0.2) is 12.8 Å². The maximum Gasteiger partial charge on any atom is 0.243 e. The zero-order valence-corrected chi connectivity index (χ0v) is 17.8. The molecule has 0 atom stereocenters. The van der Waals surface area contributed by atoms with Crippen LogP contribution in [0.5, 0.6) is 0 Å². The summed E-state index contributed by atoms with van der Waals surface area (Å²) in [7, 11) is -3.53. The van der Waals surface area contributed by atoms with Crippen molar-refractivity contribution < 1.29 is 17.6 Å². The molecule has 1 aliphatic carbocycles. The fourth-order valence-electron chi connectivity index (χ4n) is 4.38. The van der Waals surface area contributed by atoms with Crippen LogP contribution in [0, 0.1) is 11.7 Å². The average molecular weight is 431 g/mol. The Morgan fingerprint density at radius 2 is 1.80 bits per heavy atom. The maximum absolute atomic E-state index is 13.7. The first-order chi connectivity index (χ1) is 14.4. The number of sulfonamides is 1. The molecule has 1 aliphatic heterocycles. The number of carbonyl (C=O) groups excluding carboxylic acids is 1. The molecule has 4 rings (SSSR count). The van der Waals surface area contributed by atoms with Gasteiger partial charge in [0, 0.05) is 25.6 Å². The number of hydrogen-bond donors (Lipinski definition) is 1. The third-order valence-electron chi connectivity index (χ3n) is 6.18. The molecule has 2 aromatic rings. The largest absolute Gasteiger partial charge is 0.356 e. The van der Waals surface area contributed by atoms with Gasteiger partial charge in [-0.2, -0.15) is 4.31 Å². The topological polar surface area (TPSA) is 66.5 Å². The molecule has 0 spiro atoms. The number of amides is 1. The summed E-state index contributed by atoms with van der Waals surface area (Å²) in [4.78, 5) is 12.8. The summed E-state index contributed by atoms with van der Waals surface area (Å²) in [5, 5.41) is 2.87. The molecule has 2 aliphatic rings. The Hall–Kier alpha value is -2.25. The highest BCUT2D eigenvalue weighted by Crippen LogP contribution is 2.28. The maximum atomic E-state index is 13.7. The molecule has 1 fully saturated rings. The van der Waals surface area contributed by atoms with Crippen molar-refractivity contribution in [1.82, 2.24) is 9.62 Å². The molecular formula is C23H27FN2O3S. The Morgan fingerprint density at radius 1 is 1.07 bits per heavy atom. The highest BCUT2D eigenvalue weighted by molar-refractivity contribution is 7.89. The molecule has 1 amide bonds. The minimum atomic E-state index is -3.53. The highest BCUT2D eigenvalue weighted by Gasteiger charge is 2.32. The fraction of sp³-hybridized carbons (Fsp3) is 0.435. The lowest BCUT2D eigenvalue weighted by Gasteiger charge is -2.30. The van der Waals surface area contributed by atoms with Crippen LogP contribution in [-0.2, 0) is 34.1 Å². The number of carbonyl (C=O) groups is 1. The van der Waals surface area contributed by atoms with E-state index in [0.717, 1.165) is 24.8 Å². The van der Waals surface area contributed by atoms with Crippen molar-refractivity contribution >= 4 is 15.9 Å². The van der Waals surface area contributed by atoms with E-state index >= 15 is 0 Å². The molecule has 7 heteroatoms. The lowest BCUT2D eigenvalue weighted by Crippen LogP contribution is -2.43. The normalized spacial score (nSPS) is 17.6. The quantitative estimate of drug-likeness (QED) is 0.766. The molecule has 1 saturated heterocycles. The van der Waals surface area contributed by atoms with E-state index in [2.05, 4.69) is 5.32 Å². The van der Waals surface area contributed by atoms with Gasteiger partial charge in [-0.3, -0.25) is 4.79 Å². The second-order valence-corrected chi connectivity index (χ2v) is 10.0. The van der Waals surface area contributed by atoms with Gasteiger partial charge in [0.1, 0.15) is 5.82 Å². The van der Waals surface area contributed by atoms with Gasteiger partial charge in [-0.05, 0) is 73.4 Å². The molecule has 0 bridgehead atoms. The molecule has 0 aromatic heterocycles. The van der Waals surface area contributed by atoms with Crippen LogP contribution >= 0.6 is 0 Å². The van der Waals surface area contributed by atoms with Gasteiger partial charge in [0.05, 0.1) is 4.90 Å². The number of piperidine rings is 1. The van der Waals surface area contributed by atoms with Gasteiger partial charge in [-0.1, -0.05) is 24.3 Å². The van der Waals surface area contributed by atoms with Crippen molar-refractivity contribution in [2.45, 2.75) is 43.4 Å². The Labute approximate surface area is 177 Å². The number of hydrogen-bond acceptors (Lipinski definition) is 3. The van der Waals surface area contributed by atoms with E-state index in [9.17, 15) is 17.6 Å². The van der Waals surface area contributed by atoms with Crippen LogP contribution in [0.3, 0.4) is 0 Å². The third-order valence-corrected chi connectivity index (χ3v) is 8.08. The van der Waals surface area contributed by atoms with Crippen LogP contribution in [0.2, 0.25) is 0 Å². The first-order valence-corrected chi connectivity index (χ1v) is 12.0. The van der Waals surface area contributed by atoms with E-state index in [-0.39, 0.29) is 17.6 Å². The third kappa shape index (κ3) is 4.42. The molecule has 160 valence electrons. The van der Waals surface area contributed by atoms with Crippen molar-refractivity contribution in [3.63, 3.8) is 0 Å². The van der Waals surface area contributed by atoms with Gasteiger partial charge >= 0.3 is 0 Å². The van der Waals surface area contributed by atoms with E-state index in [1.807, 2.05) is 12.1 Å². The monoisotopic (exact) mass is 430 g/mol. The Morgan fingerprint density at radius 3 is 2.57 bits per heavy atom. The molecule has 1 N–H and O–H groups in total. The number of fused-ring (bicyclic) bond motifs is 1. The Balaban J connectivity index is 1.30. The summed E-state index contributed by atoms with van der Waals surface area (Å²) < 4.78 is 41.2. The molecule has 0 radical (unpaired) electrons. The summed E-state index contributed by atoms with van der Waals surface area (Å²) >= 11 is 0. The van der Waals surface area contributed by atoms with Crippen LogP contribution < -0.4 is 5.32 Å². The van der Waals surface area contributed by atoms with Gasteiger partial charge in [0.2, 0.25) is 15.9 Å². The predicted molar refractivity (Wildman–Crippen MR) is 113 cm³/mol. The number of nitrogens with zero attached hydrogens (tertiary/aromatic N) is 1. The highest BCUT2D eigenvalue weighted by atomic mass is 32.2. The van der Waals surface area contributed by atoms with E-state index in [4.69, 9.17) is 0 Å². The van der Waals surface area contributed by atoms with Crippen molar-refractivity contribution in [2.24, 2.45) is 5.92 Å². The molecule has 5 nitrogen and oxygen atoms in total. The van der Waals surface area contributed by atoms with E-state index < -0.39 is 10.0 Å². The molecule has 30 heavy (non-hydrogen) atoms. The summed E-state index contributed by atoms with van der Waals surface area (Å²) in [5.41, 5.74) is 2.97. The molecule has 0 unspecified atom stereocenters. The number of halogens is 1. The van der Waals surface area contributed by atoms with Gasteiger partial charge in [0.25, 0.3) is 0 Å². The van der Waals surface area contributed by atoms with Gasteiger partial charge in [-0.15, -0.1) is 0 Å². The zero-order valence-electron chi connectivity index (χ0n) is 16.9. The average Bonchev–Trinajstić information content (AvgIpc) is 3.23.